The minimum atomic E-state index is 0.752. The van der Waals surface area contributed by atoms with Crippen LogP contribution in [0, 0.1) is 0 Å². The van der Waals surface area contributed by atoms with Gasteiger partial charge in [-0.05, 0) is 25.2 Å². The van der Waals surface area contributed by atoms with Gasteiger partial charge in [-0.15, -0.1) is 0 Å². The number of nitrogens with zero attached hydrogens (tertiary/aromatic N) is 3. The Morgan fingerprint density at radius 3 is 2.88 bits per heavy atom. The SMILES string of the molecule is CN1Cc2nn(-c3cccc(Br)c3)c(N)c2C1. The van der Waals surface area contributed by atoms with Crippen LogP contribution >= 0.6 is 15.9 Å². The highest BCUT2D eigenvalue weighted by Gasteiger charge is 2.24. The van der Waals surface area contributed by atoms with Gasteiger partial charge in [-0.25, -0.2) is 4.68 Å². The Kier molecular flexibility index (Phi) is 2.45. The van der Waals surface area contributed by atoms with Gasteiger partial charge in [0.2, 0.25) is 0 Å². The number of benzene rings is 1. The van der Waals surface area contributed by atoms with Crippen LogP contribution in [0.3, 0.4) is 0 Å². The maximum Gasteiger partial charge on any atom is 0.132 e. The molecule has 0 spiro atoms. The first-order valence-corrected chi connectivity index (χ1v) is 6.25. The second kappa shape index (κ2) is 3.85. The lowest BCUT2D eigenvalue weighted by molar-refractivity contribution is 0.348. The largest absolute Gasteiger partial charge is 0.383 e. The van der Waals surface area contributed by atoms with Gasteiger partial charge >= 0.3 is 0 Å². The third kappa shape index (κ3) is 1.75. The van der Waals surface area contributed by atoms with Crippen LogP contribution < -0.4 is 5.73 Å². The van der Waals surface area contributed by atoms with Gasteiger partial charge in [0.15, 0.2) is 0 Å². The van der Waals surface area contributed by atoms with E-state index in [4.69, 9.17) is 5.73 Å². The van der Waals surface area contributed by atoms with Crippen LogP contribution in [0.4, 0.5) is 5.82 Å². The van der Waals surface area contributed by atoms with Gasteiger partial charge in [0.25, 0.3) is 0 Å². The third-order valence-corrected chi connectivity index (χ3v) is 3.50. The van der Waals surface area contributed by atoms with Crippen LogP contribution in [0.1, 0.15) is 11.3 Å². The van der Waals surface area contributed by atoms with E-state index in [0.717, 1.165) is 40.3 Å². The number of aromatic nitrogens is 2. The number of anilines is 1. The van der Waals surface area contributed by atoms with E-state index in [1.807, 2.05) is 28.9 Å². The summed E-state index contributed by atoms with van der Waals surface area (Å²) in [5, 5.41) is 4.58. The molecule has 1 aliphatic heterocycles. The average molecular weight is 293 g/mol. The highest BCUT2D eigenvalue weighted by Crippen LogP contribution is 2.28. The molecule has 1 aliphatic rings. The molecule has 0 saturated carbocycles. The first kappa shape index (κ1) is 10.8. The van der Waals surface area contributed by atoms with Crippen LogP contribution in [0.5, 0.6) is 0 Å². The molecule has 2 heterocycles. The lowest BCUT2D eigenvalue weighted by Gasteiger charge is -2.09. The van der Waals surface area contributed by atoms with Gasteiger partial charge in [-0.1, -0.05) is 22.0 Å². The molecule has 0 bridgehead atoms. The second-order valence-corrected chi connectivity index (χ2v) is 5.29. The van der Waals surface area contributed by atoms with Gasteiger partial charge in [-0.3, -0.25) is 4.90 Å². The van der Waals surface area contributed by atoms with Crippen LogP contribution in [0.2, 0.25) is 0 Å². The lowest BCUT2D eigenvalue weighted by atomic mass is 10.3. The molecular weight excluding hydrogens is 280 g/mol. The Balaban J connectivity index is 2.09. The number of halogens is 1. The van der Waals surface area contributed by atoms with Crippen LogP contribution in [0.25, 0.3) is 5.69 Å². The molecule has 17 heavy (non-hydrogen) atoms. The number of nitrogens with two attached hydrogens (primary N) is 1. The summed E-state index contributed by atoms with van der Waals surface area (Å²) in [5.74, 6) is 0.752. The molecule has 2 N–H and O–H groups in total. The van der Waals surface area contributed by atoms with Gasteiger partial charge in [-0.2, -0.15) is 5.10 Å². The van der Waals surface area contributed by atoms with Crippen molar-refractivity contribution in [2.75, 3.05) is 12.8 Å². The fourth-order valence-corrected chi connectivity index (χ4v) is 2.58. The van der Waals surface area contributed by atoms with Crippen molar-refractivity contribution in [3.63, 3.8) is 0 Å². The zero-order valence-corrected chi connectivity index (χ0v) is 11.1. The van der Waals surface area contributed by atoms with E-state index < -0.39 is 0 Å². The molecule has 0 aliphatic carbocycles. The van der Waals surface area contributed by atoms with Gasteiger partial charge in [0.05, 0.1) is 11.4 Å². The highest BCUT2D eigenvalue weighted by molar-refractivity contribution is 9.10. The molecule has 0 amide bonds. The van der Waals surface area contributed by atoms with Crippen molar-refractivity contribution in [2.45, 2.75) is 13.1 Å². The normalized spacial score (nSPS) is 15.2. The smallest absolute Gasteiger partial charge is 0.132 e. The highest BCUT2D eigenvalue weighted by atomic mass is 79.9. The van der Waals surface area contributed by atoms with Crippen molar-refractivity contribution in [2.24, 2.45) is 0 Å². The Morgan fingerprint density at radius 1 is 1.35 bits per heavy atom. The molecule has 0 radical (unpaired) electrons. The molecule has 0 fully saturated rings. The van der Waals surface area contributed by atoms with E-state index >= 15 is 0 Å². The third-order valence-electron chi connectivity index (χ3n) is 3.01. The molecule has 0 atom stereocenters. The molecule has 0 saturated heterocycles. The zero-order valence-electron chi connectivity index (χ0n) is 9.52. The van der Waals surface area contributed by atoms with Crippen LogP contribution in [-0.2, 0) is 13.1 Å². The fourth-order valence-electron chi connectivity index (χ4n) is 2.20. The van der Waals surface area contributed by atoms with Crippen molar-refractivity contribution in [3.05, 3.63) is 40.0 Å². The quantitative estimate of drug-likeness (QED) is 0.876. The van der Waals surface area contributed by atoms with Gasteiger partial charge in [0.1, 0.15) is 5.82 Å². The first-order valence-electron chi connectivity index (χ1n) is 5.46. The predicted octanol–water partition coefficient (Wildman–Crippen LogP) is 2.16. The second-order valence-electron chi connectivity index (χ2n) is 4.37. The van der Waals surface area contributed by atoms with Crippen molar-refractivity contribution in [1.82, 2.24) is 14.7 Å². The van der Waals surface area contributed by atoms with E-state index in [2.05, 4.69) is 33.0 Å². The van der Waals surface area contributed by atoms with Crippen LogP contribution in [0.15, 0.2) is 28.7 Å². The number of fused-ring (bicyclic) bond motifs is 1. The van der Waals surface area contributed by atoms with Crippen molar-refractivity contribution < 1.29 is 0 Å². The maximum atomic E-state index is 6.16. The van der Waals surface area contributed by atoms with Gasteiger partial charge < -0.3 is 5.73 Å². The summed E-state index contributed by atoms with van der Waals surface area (Å²) in [6, 6.07) is 8.00. The number of hydrogen-bond donors (Lipinski definition) is 1. The Bertz CT molecular complexity index is 576. The van der Waals surface area contributed by atoms with Crippen molar-refractivity contribution in [1.29, 1.82) is 0 Å². The van der Waals surface area contributed by atoms with Crippen LogP contribution in [-0.4, -0.2) is 21.7 Å². The molecule has 5 heteroatoms. The Hall–Kier alpha value is -1.33. The lowest BCUT2D eigenvalue weighted by Crippen LogP contribution is -2.12. The summed E-state index contributed by atoms with van der Waals surface area (Å²) in [7, 11) is 2.07. The minimum absolute atomic E-state index is 0.752. The van der Waals surface area contributed by atoms with E-state index in [0.29, 0.717) is 0 Å². The average Bonchev–Trinajstić information content (AvgIpc) is 2.78. The summed E-state index contributed by atoms with van der Waals surface area (Å²) in [4.78, 5) is 2.21. The molecule has 4 nitrogen and oxygen atoms in total. The molecule has 88 valence electrons. The molecular formula is C12H13BrN4. The van der Waals surface area contributed by atoms with Crippen molar-refractivity contribution >= 4 is 21.7 Å². The number of rotatable bonds is 1. The monoisotopic (exact) mass is 292 g/mol. The van der Waals surface area contributed by atoms with E-state index in [9.17, 15) is 0 Å². The Labute approximate surface area is 108 Å². The summed E-state index contributed by atoms with van der Waals surface area (Å²) < 4.78 is 2.85. The molecule has 1 aromatic carbocycles. The minimum Gasteiger partial charge on any atom is -0.383 e. The molecule has 3 rings (SSSR count). The van der Waals surface area contributed by atoms with E-state index in [1.165, 1.54) is 0 Å². The zero-order chi connectivity index (χ0) is 12.0. The number of nitrogen functional groups attached to an aromatic ring is 1. The Morgan fingerprint density at radius 2 is 2.18 bits per heavy atom. The summed E-state index contributed by atoms with van der Waals surface area (Å²) in [6.07, 6.45) is 0. The first-order chi connectivity index (χ1) is 8.15. The van der Waals surface area contributed by atoms with E-state index in [1.54, 1.807) is 0 Å². The maximum absolute atomic E-state index is 6.16. The molecule has 1 aromatic heterocycles. The fraction of sp³-hybridized carbons (Fsp3) is 0.250. The topological polar surface area (TPSA) is 47.1 Å². The van der Waals surface area contributed by atoms with Gasteiger partial charge in [0, 0.05) is 23.1 Å². The van der Waals surface area contributed by atoms with Crippen molar-refractivity contribution in [3.8, 4) is 5.69 Å². The summed E-state index contributed by atoms with van der Waals surface area (Å²) in [6.45, 7) is 1.76. The standard InChI is InChI=1S/C12H13BrN4/c1-16-6-10-11(7-16)15-17(12(10)14)9-4-2-3-8(13)5-9/h2-5H,6-7,14H2,1H3. The molecule has 0 unspecified atom stereocenters. The van der Waals surface area contributed by atoms with E-state index in [-0.39, 0.29) is 0 Å². The summed E-state index contributed by atoms with van der Waals surface area (Å²) >= 11 is 3.46. The number of hydrogen-bond acceptors (Lipinski definition) is 3. The molecule has 2 aromatic rings. The predicted molar refractivity (Wildman–Crippen MR) is 70.8 cm³/mol. The summed E-state index contributed by atoms with van der Waals surface area (Å²) in [5.41, 5.74) is 9.40.